The van der Waals surface area contributed by atoms with Gasteiger partial charge in [0.25, 0.3) is 0 Å². The standard InChI is InChI=1S/C41H44O4.C4H10O/c1-23-5-7-28(8-6-23)40-35(22-39(42)43)24(2)15-32-17-31(21-37(32)40)29-13-14-34-25(3)16-36(38(34)20-29)27-11-9-26(10-12-27)30-18-33(19-30)41(44)45-4;1-4(2,3)5/h5-8,13-17,20,25-27,30,33H,9-12,18-19,21-22H2,1-4H3,(H,42,43);5H,1-3H3. The highest BCUT2D eigenvalue weighted by atomic mass is 16.5. The maximum Gasteiger partial charge on any atom is 0.308 e. The fourth-order valence-corrected chi connectivity index (χ4v) is 8.83. The van der Waals surface area contributed by atoms with Crippen molar-refractivity contribution in [3.05, 3.63) is 99.1 Å². The van der Waals surface area contributed by atoms with Crippen molar-refractivity contribution in [3.8, 4) is 11.1 Å². The van der Waals surface area contributed by atoms with Crippen LogP contribution < -0.4 is 0 Å². The lowest BCUT2D eigenvalue weighted by molar-refractivity contribution is -0.151. The van der Waals surface area contributed by atoms with Crippen molar-refractivity contribution < 1.29 is 24.5 Å². The van der Waals surface area contributed by atoms with E-state index in [1.165, 1.54) is 77.3 Å². The van der Waals surface area contributed by atoms with Crippen LogP contribution >= 0.6 is 0 Å². The highest BCUT2D eigenvalue weighted by molar-refractivity contribution is 5.95. The number of aliphatic hydroxyl groups is 1. The molecule has 0 aromatic heterocycles. The molecular weight excluding hydrogens is 620 g/mol. The van der Waals surface area contributed by atoms with Gasteiger partial charge in [-0.2, -0.15) is 0 Å². The van der Waals surface area contributed by atoms with Gasteiger partial charge < -0.3 is 14.9 Å². The number of carbonyl (C=O) groups excluding carboxylic acids is 1. The molecule has 0 radical (unpaired) electrons. The number of esters is 1. The largest absolute Gasteiger partial charge is 0.481 e. The lowest BCUT2D eigenvalue weighted by atomic mass is 9.63. The maximum atomic E-state index is 11.9. The zero-order valence-electron chi connectivity index (χ0n) is 30.9. The SMILES string of the molecule is CC(C)(C)O.COC(=O)C1CC(C2CCC(C3=CC(C)c4ccc(C5=Cc6cc(C)c(CC(=O)O)c(-c7ccc(C)cc7)c6C5)cc43)CC2)C1. The third kappa shape index (κ3) is 7.68. The Morgan fingerprint density at radius 3 is 2.16 bits per heavy atom. The van der Waals surface area contributed by atoms with E-state index in [9.17, 15) is 14.7 Å². The van der Waals surface area contributed by atoms with Gasteiger partial charge in [0.05, 0.1) is 25.0 Å². The molecule has 7 rings (SSSR count). The van der Waals surface area contributed by atoms with Gasteiger partial charge in [0.1, 0.15) is 0 Å². The van der Waals surface area contributed by atoms with Gasteiger partial charge in [0.15, 0.2) is 0 Å². The van der Waals surface area contributed by atoms with E-state index in [2.05, 4.69) is 74.5 Å². The van der Waals surface area contributed by atoms with Gasteiger partial charge in [-0.05, 0) is 165 Å². The average Bonchev–Trinajstić information content (AvgIpc) is 3.61. The number of rotatable bonds is 7. The number of allylic oxidation sites excluding steroid dienone is 3. The first-order valence-corrected chi connectivity index (χ1v) is 18.5. The number of hydrogen-bond donors (Lipinski definition) is 2. The molecule has 1 unspecified atom stereocenters. The molecule has 5 heteroatoms. The van der Waals surface area contributed by atoms with Gasteiger partial charge in [0, 0.05) is 5.92 Å². The number of aliphatic carboxylic acids is 1. The van der Waals surface area contributed by atoms with Gasteiger partial charge in [-0.3, -0.25) is 9.59 Å². The number of ether oxygens (including phenoxy) is 1. The molecular formula is C45H54O5. The summed E-state index contributed by atoms with van der Waals surface area (Å²) >= 11 is 0. The van der Waals surface area contributed by atoms with Crippen LogP contribution in [0.5, 0.6) is 0 Å². The molecule has 3 aromatic rings. The molecule has 2 N–H and O–H groups in total. The number of benzene rings is 3. The van der Waals surface area contributed by atoms with Crippen LogP contribution in [0.25, 0.3) is 28.3 Å². The minimum Gasteiger partial charge on any atom is -0.481 e. The third-order valence-corrected chi connectivity index (χ3v) is 11.4. The molecule has 3 aromatic carbocycles. The number of aryl methyl sites for hydroxylation is 2. The van der Waals surface area contributed by atoms with Crippen molar-refractivity contribution in [1.82, 2.24) is 0 Å². The van der Waals surface area contributed by atoms with Crippen LogP contribution in [0, 0.1) is 37.5 Å². The molecule has 0 saturated heterocycles. The molecule has 0 spiro atoms. The van der Waals surface area contributed by atoms with E-state index >= 15 is 0 Å². The Morgan fingerprint density at radius 2 is 1.54 bits per heavy atom. The second kappa shape index (κ2) is 14.3. The van der Waals surface area contributed by atoms with Crippen molar-refractivity contribution in [2.75, 3.05) is 7.11 Å². The van der Waals surface area contributed by atoms with E-state index in [-0.39, 0.29) is 18.3 Å². The molecule has 0 aliphatic heterocycles. The van der Waals surface area contributed by atoms with Gasteiger partial charge in [-0.1, -0.05) is 67.1 Å². The first-order valence-electron chi connectivity index (χ1n) is 18.5. The summed E-state index contributed by atoms with van der Waals surface area (Å²) < 4.78 is 4.96. The van der Waals surface area contributed by atoms with Crippen molar-refractivity contribution >= 4 is 29.2 Å². The lowest BCUT2D eigenvalue weighted by Crippen LogP contribution is -2.37. The Kier molecular flexibility index (Phi) is 10.3. The number of carbonyl (C=O) groups is 2. The number of methoxy groups -OCH3 is 1. The molecule has 0 heterocycles. The third-order valence-electron chi connectivity index (χ3n) is 11.4. The van der Waals surface area contributed by atoms with Crippen molar-refractivity contribution in [1.29, 1.82) is 0 Å². The molecule has 4 aliphatic rings. The predicted octanol–water partition coefficient (Wildman–Crippen LogP) is 9.98. The molecule has 4 aliphatic carbocycles. The normalized spacial score (nSPS) is 23.8. The Labute approximate surface area is 298 Å². The highest BCUT2D eigenvalue weighted by Crippen LogP contribution is 2.51. The summed E-state index contributed by atoms with van der Waals surface area (Å²) in [5, 5.41) is 18.3. The zero-order chi connectivity index (χ0) is 35.9. The van der Waals surface area contributed by atoms with Gasteiger partial charge in [-0.15, -0.1) is 0 Å². The number of fused-ring (bicyclic) bond motifs is 2. The van der Waals surface area contributed by atoms with E-state index in [1.54, 1.807) is 20.8 Å². The molecule has 50 heavy (non-hydrogen) atoms. The summed E-state index contributed by atoms with van der Waals surface area (Å²) in [6.45, 7) is 11.7. The summed E-state index contributed by atoms with van der Waals surface area (Å²) in [6.07, 6.45) is 12.7. The maximum absolute atomic E-state index is 11.9. The lowest BCUT2D eigenvalue weighted by Gasteiger charge is -2.42. The van der Waals surface area contributed by atoms with Crippen LogP contribution in [0.15, 0.2) is 54.6 Å². The molecule has 1 atom stereocenters. The smallest absolute Gasteiger partial charge is 0.308 e. The fourth-order valence-electron chi connectivity index (χ4n) is 8.83. The highest BCUT2D eigenvalue weighted by Gasteiger charge is 2.41. The van der Waals surface area contributed by atoms with Crippen LogP contribution in [-0.4, -0.2) is 34.9 Å². The van der Waals surface area contributed by atoms with E-state index in [4.69, 9.17) is 9.84 Å². The van der Waals surface area contributed by atoms with Gasteiger partial charge in [-0.25, -0.2) is 0 Å². The van der Waals surface area contributed by atoms with Crippen molar-refractivity contribution in [2.24, 2.45) is 23.7 Å². The molecule has 0 bridgehead atoms. The Hall–Kier alpha value is -3.96. The zero-order valence-corrected chi connectivity index (χ0v) is 30.9. The first kappa shape index (κ1) is 35.9. The number of hydrogen-bond acceptors (Lipinski definition) is 4. The van der Waals surface area contributed by atoms with E-state index < -0.39 is 11.6 Å². The van der Waals surface area contributed by atoms with Crippen LogP contribution in [-0.2, 0) is 27.2 Å². The minimum absolute atomic E-state index is 0.0252. The van der Waals surface area contributed by atoms with Crippen LogP contribution in [0.4, 0.5) is 0 Å². The summed E-state index contributed by atoms with van der Waals surface area (Å²) in [4.78, 5) is 23.8. The predicted molar refractivity (Wildman–Crippen MR) is 203 cm³/mol. The summed E-state index contributed by atoms with van der Waals surface area (Å²) in [7, 11) is 1.50. The molecule has 2 fully saturated rings. The minimum atomic E-state index is -0.795. The second-order valence-corrected chi connectivity index (χ2v) is 16.3. The number of carboxylic acids is 1. The molecule has 2 saturated carbocycles. The number of carboxylic acid groups (broad SMARTS) is 1. The van der Waals surface area contributed by atoms with E-state index in [0.717, 1.165) is 47.4 Å². The summed E-state index contributed by atoms with van der Waals surface area (Å²) in [6, 6.07) is 17.8. The van der Waals surface area contributed by atoms with E-state index in [1.807, 2.05) is 6.92 Å². The monoisotopic (exact) mass is 674 g/mol. The topological polar surface area (TPSA) is 83.8 Å². The van der Waals surface area contributed by atoms with Crippen LogP contribution in [0.2, 0.25) is 0 Å². The van der Waals surface area contributed by atoms with Crippen LogP contribution in [0.3, 0.4) is 0 Å². The van der Waals surface area contributed by atoms with Gasteiger partial charge >= 0.3 is 11.9 Å². The van der Waals surface area contributed by atoms with Crippen molar-refractivity contribution in [3.63, 3.8) is 0 Å². The average molecular weight is 675 g/mol. The molecule has 0 amide bonds. The fraction of sp³-hybridized carbons (Fsp3) is 0.467. The molecule has 264 valence electrons. The van der Waals surface area contributed by atoms with Gasteiger partial charge in [0.2, 0.25) is 0 Å². The second-order valence-electron chi connectivity index (χ2n) is 16.3. The van der Waals surface area contributed by atoms with Crippen molar-refractivity contribution in [2.45, 2.75) is 104 Å². The van der Waals surface area contributed by atoms with Crippen LogP contribution in [0.1, 0.15) is 117 Å². The Bertz CT molecular complexity index is 1820. The first-order chi connectivity index (χ1) is 23.7. The Morgan fingerprint density at radius 1 is 0.900 bits per heavy atom. The quantitative estimate of drug-likeness (QED) is 0.244. The summed E-state index contributed by atoms with van der Waals surface area (Å²) in [5.74, 6) is 1.76. The molecule has 5 nitrogen and oxygen atoms in total. The Balaban J connectivity index is 0.000000808. The summed E-state index contributed by atoms with van der Waals surface area (Å²) in [5.41, 5.74) is 14.3. The van der Waals surface area contributed by atoms with E-state index in [0.29, 0.717) is 17.8 Å².